The number of nitriles is 1. The molecule has 0 aliphatic carbocycles. The molecular weight excluding hydrogens is 264 g/mol. The fourth-order valence-corrected chi connectivity index (χ4v) is 2.66. The van der Waals surface area contributed by atoms with Crippen LogP contribution >= 0.6 is 11.3 Å². The highest BCUT2D eigenvalue weighted by atomic mass is 32.1. The first-order valence-corrected chi connectivity index (χ1v) is 6.86. The molecule has 2 heterocycles. The zero-order valence-corrected chi connectivity index (χ0v) is 11.6. The lowest BCUT2D eigenvalue weighted by Crippen LogP contribution is -2.29. The Balaban J connectivity index is 2.31. The molecule has 0 spiro atoms. The Morgan fingerprint density at radius 1 is 1.58 bits per heavy atom. The lowest BCUT2D eigenvalue weighted by atomic mass is 10.3. The third-order valence-corrected chi connectivity index (χ3v) is 3.60. The molecule has 1 N–H and O–H groups in total. The topological polar surface area (TPSA) is 73.8 Å². The zero-order valence-electron chi connectivity index (χ0n) is 10.7. The summed E-state index contributed by atoms with van der Waals surface area (Å²) in [5, 5.41) is 20.2. The molecule has 0 radical (unpaired) electrons. The summed E-state index contributed by atoms with van der Waals surface area (Å²) in [7, 11) is 1.64. The smallest absolute Gasteiger partial charge is 0.195 e. The van der Waals surface area contributed by atoms with E-state index < -0.39 is 0 Å². The maximum atomic E-state index is 9.54. The van der Waals surface area contributed by atoms with E-state index in [0.717, 1.165) is 16.5 Å². The second-order valence-corrected chi connectivity index (χ2v) is 4.86. The SMILES string of the molecule is COCCN(CCC#N)c1nc2sccn2c1CO. The Bertz CT molecular complexity index is 572. The van der Waals surface area contributed by atoms with E-state index in [1.54, 1.807) is 7.11 Å². The number of hydrogen-bond acceptors (Lipinski definition) is 6. The van der Waals surface area contributed by atoms with Crippen molar-refractivity contribution in [3.63, 3.8) is 0 Å². The Labute approximate surface area is 115 Å². The minimum Gasteiger partial charge on any atom is -0.390 e. The summed E-state index contributed by atoms with van der Waals surface area (Å²) in [5.41, 5.74) is 0.755. The summed E-state index contributed by atoms with van der Waals surface area (Å²) in [6, 6.07) is 2.13. The maximum Gasteiger partial charge on any atom is 0.195 e. The van der Waals surface area contributed by atoms with Crippen LogP contribution in [0.4, 0.5) is 5.82 Å². The average molecular weight is 280 g/mol. The zero-order chi connectivity index (χ0) is 13.7. The Morgan fingerprint density at radius 2 is 2.42 bits per heavy atom. The van der Waals surface area contributed by atoms with Crippen LogP contribution in [-0.2, 0) is 11.3 Å². The fraction of sp³-hybridized carbons (Fsp3) is 0.500. The van der Waals surface area contributed by atoms with Gasteiger partial charge in [-0.2, -0.15) is 5.26 Å². The van der Waals surface area contributed by atoms with Gasteiger partial charge in [-0.05, 0) is 0 Å². The van der Waals surface area contributed by atoms with Crippen molar-refractivity contribution >= 4 is 22.1 Å². The molecule has 19 heavy (non-hydrogen) atoms. The number of fused-ring (bicyclic) bond motifs is 1. The van der Waals surface area contributed by atoms with Gasteiger partial charge in [0.25, 0.3) is 0 Å². The highest BCUT2D eigenvalue weighted by Crippen LogP contribution is 2.24. The van der Waals surface area contributed by atoms with Crippen molar-refractivity contribution in [2.45, 2.75) is 13.0 Å². The molecule has 0 amide bonds. The number of methoxy groups -OCH3 is 1. The fourth-order valence-electron chi connectivity index (χ4n) is 1.93. The highest BCUT2D eigenvalue weighted by Gasteiger charge is 2.18. The maximum absolute atomic E-state index is 9.54. The van der Waals surface area contributed by atoms with Gasteiger partial charge in [0.1, 0.15) is 0 Å². The normalized spacial score (nSPS) is 10.8. The number of ether oxygens (including phenoxy) is 1. The van der Waals surface area contributed by atoms with Gasteiger partial charge in [0, 0.05) is 31.8 Å². The molecule has 0 fully saturated rings. The lowest BCUT2D eigenvalue weighted by molar-refractivity contribution is 0.205. The number of aromatic nitrogens is 2. The van der Waals surface area contributed by atoms with Crippen LogP contribution in [0.1, 0.15) is 12.1 Å². The summed E-state index contributed by atoms with van der Waals surface area (Å²) in [6.45, 7) is 1.71. The quantitative estimate of drug-likeness (QED) is 0.826. The number of thiazole rings is 1. The molecule has 0 aromatic carbocycles. The van der Waals surface area contributed by atoms with Gasteiger partial charge in [-0.25, -0.2) is 4.98 Å². The summed E-state index contributed by atoms with van der Waals surface area (Å²) in [5.74, 6) is 0.738. The summed E-state index contributed by atoms with van der Waals surface area (Å²) < 4.78 is 6.96. The molecule has 0 bridgehead atoms. The van der Waals surface area contributed by atoms with Crippen LogP contribution < -0.4 is 4.90 Å². The molecule has 6 nitrogen and oxygen atoms in total. The van der Waals surface area contributed by atoms with Gasteiger partial charge < -0.3 is 14.7 Å². The molecule has 2 aromatic heterocycles. The molecule has 0 saturated heterocycles. The number of nitrogens with zero attached hydrogens (tertiary/aromatic N) is 4. The third-order valence-electron chi connectivity index (χ3n) is 2.85. The molecule has 0 atom stereocenters. The first kappa shape index (κ1) is 13.8. The molecule has 102 valence electrons. The number of aliphatic hydroxyl groups excluding tert-OH is 1. The number of anilines is 1. The van der Waals surface area contributed by atoms with E-state index in [0.29, 0.717) is 26.1 Å². The summed E-state index contributed by atoms with van der Waals surface area (Å²) >= 11 is 1.52. The van der Waals surface area contributed by atoms with E-state index in [4.69, 9.17) is 10.00 Å². The van der Waals surface area contributed by atoms with Crippen molar-refractivity contribution < 1.29 is 9.84 Å². The van der Waals surface area contributed by atoms with Crippen molar-refractivity contribution in [1.82, 2.24) is 9.38 Å². The highest BCUT2D eigenvalue weighted by molar-refractivity contribution is 7.15. The Hall–Kier alpha value is -1.62. The molecule has 2 rings (SSSR count). The largest absolute Gasteiger partial charge is 0.390 e. The minimum atomic E-state index is -0.0801. The Kier molecular flexibility index (Phi) is 4.74. The summed E-state index contributed by atoms with van der Waals surface area (Å²) in [4.78, 5) is 7.36. The van der Waals surface area contributed by atoms with Crippen molar-refractivity contribution in [1.29, 1.82) is 5.26 Å². The van der Waals surface area contributed by atoms with Crippen molar-refractivity contribution in [3.05, 3.63) is 17.3 Å². The van der Waals surface area contributed by atoms with E-state index in [-0.39, 0.29) is 6.61 Å². The van der Waals surface area contributed by atoms with Gasteiger partial charge >= 0.3 is 0 Å². The predicted octanol–water partition coefficient (Wildman–Crippen LogP) is 1.25. The van der Waals surface area contributed by atoms with Crippen LogP contribution in [0.3, 0.4) is 0 Å². The number of rotatable bonds is 7. The number of aliphatic hydroxyl groups is 1. The van der Waals surface area contributed by atoms with Gasteiger partial charge in [-0.15, -0.1) is 11.3 Å². The second-order valence-electron chi connectivity index (χ2n) is 3.98. The van der Waals surface area contributed by atoms with Crippen molar-refractivity contribution in [2.24, 2.45) is 0 Å². The molecular formula is C12H16N4O2S. The molecule has 2 aromatic rings. The first-order chi connectivity index (χ1) is 9.31. The van der Waals surface area contributed by atoms with Gasteiger partial charge in [-0.3, -0.25) is 4.40 Å². The second kappa shape index (κ2) is 6.52. The minimum absolute atomic E-state index is 0.0801. The van der Waals surface area contributed by atoms with Crippen LogP contribution in [0.5, 0.6) is 0 Å². The summed E-state index contributed by atoms with van der Waals surface area (Å²) in [6.07, 6.45) is 2.31. The molecule has 0 unspecified atom stereocenters. The van der Waals surface area contributed by atoms with Crippen molar-refractivity contribution in [2.75, 3.05) is 31.7 Å². The lowest BCUT2D eigenvalue weighted by Gasteiger charge is -2.21. The standard InChI is InChI=1S/C12H16N4O2S/c1-18-7-5-15(4-2-3-13)11-10(9-17)16-6-8-19-12(16)14-11/h6,8,17H,2,4-5,7,9H2,1H3. The van der Waals surface area contributed by atoms with Gasteiger partial charge in [0.2, 0.25) is 0 Å². The van der Waals surface area contributed by atoms with Gasteiger partial charge in [0.15, 0.2) is 10.8 Å². The molecule has 0 aliphatic heterocycles. The third kappa shape index (κ3) is 2.87. The van der Waals surface area contributed by atoms with E-state index in [1.165, 1.54) is 11.3 Å². The monoisotopic (exact) mass is 280 g/mol. The van der Waals surface area contributed by atoms with E-state index >= 15 is 0 Å². The van der Waals surface area contributed by atoms with Crippen LogP contribution in [0, 0.1) is 11.3 Å². The van der Waals surface area contributed by atoms with Gasteiger partial charge in [-0.1, -0.05) is 0 Å². The molecule has 7 heteroatoms. The van der Waals surface area contributed by atoms with Crippen LogP contribution in [0.25, 0.3) is 4.96 Å². The van der Waals surface area contributed by atoms with E-state index in [9.17, 15) is 5.11 Å². The number of hydrogen-bond donors (Lipinski definition) is 1. The Morgan fingerprint density at radius 3 is 3.11 bits per heavy atom. The predicted molar refractivity (Wildman–Crippen MR) is 73.3 cm³/mol. The molecule has 0 saturated carbocycles. The molecule has 0 aliphatic rings. The van der Waals surface area contributed by atoms with E-state index in [1.807, 2.05) is 20.9 Å². The van der Waals surface area contributed by atoms with Gasteiger partial charge in [0.05, 0.1) is 31.4 Å². The van der Waals surface area contributed by atoms with E-state index in [2.05, 4.69) is 11.1 Å². The van der Waals surface area contributed by atoms with Crippen LogP contribution in [-0.4, -0.2) is 41.3 Å². The van der Waals surface area contributed by atoms with Crippen LogP contribution in [0.2, 0.25) is 0 Å². The van der Waals surface area contributed by atoms with Crippen LogP contribution in [0.15, 0.2) is 11.6 Å². The van der Waals surface area contributed by atoms with Crippen molar-refractivity contribution in [3.8, 4) is 6.07 Å². The number of imidazole rings is 1. The average Bonchev–Trinajstić information content (AvgIpc) is 2.99. The first-order valence-electron chi connectivity index (χ1n) is 5.98.